The Morgan fingerprint density at radius 2 is 1.60 bits per heavy atom. The molecule has 0 aliphatic carbocycles. The number of hydrogen-bond donors (Lipinski definition) is 1. The molecule has 0 aromatic rings. The topological polar surface area (TPSA) is 44.0 Å². The quantitative estimate of drug-likeness (QED) is 0.443. The van der Waals surface area contributed by atoms with Crippen LogP contribution in [0.5, 0.6) is 0 Å². The van der Waals surface area contributed by atoms with Crippen LogP contribution in [0, 0.1) is 11.3 Å². The Kier molecular flexibility index (Phi) is 180. The van der Waals surface area contributed by atoms with Crippen LogP contribution in [-0.2, 0) is 0 Å². The minimum atomic E-state index is 1.00. The molecule has 0 radical (unpaired) electrons. The lowest BCUT2D eigenvalue weighted by atomic mass is 11.0. The van der Waals surface area contributed by atoms with Crippen molar-refractivity contribution >= 4 is 0 Å². The first-order chi connectivity index (χ1) is 2.41. The van der Waals surface area contributed by atoms with Gasteiger partial charge in [-0.05, 0) is 0 Å². The second-order valence-electron chi connectivity index (χ2n) is 0.224. The SMILES string of the molecule is CC#N.CO. The highest BCUT2D eigenvalue weighted by Crippen LogP contribution is 1.21. The molecule has 5 heavy (non-hydrogen) atoms. The van der Waals surface area contributed by atoms with Gasteiger partial charge in [0, 0.05) is 14.0 Å². The van der Waals surface area contributed by atoms with Crippen LogP contribution < -0.4 is 0 Å². The average molecular weight is 73.1 g/mol. The summed E-state index contributed by atoms with van der Waals surface area (Å²) in [5, 5.41) is 14.3. The Morgan fingerprint density at radius 3 is 1.60 bits per heavy atom. The van der Waals surface area contributed by atoms with Crippen LogP contribution in [0.2, 0.25) is 0 Å². The van der Waals surface area contributed by atoms with Crippen molar-refractivity contribution in [2.45, 2.75) is 6.92 Å². The summed E-state index contributed by atoms with van der Waals surface area (Å²) in [4.78, 5) is 0. The second-order valence-corrected chi connectivity index (χ2v) is 0.224. The fourth-order valence-corrected chi connectivity index (χ4v) is 0. The molecular weight excluding hydrogens is 66.0 g/mol. The first kappa shape index (κ1) is 8.82. The van der Waals surface area contributed by atoms with Crippen molar-refractivity contribution in [3.63, 3.8) is 0 Å². The van der Waals surface area contributed by atoms with Crippen molar-refractivity contribution in [2.24, 2.45) is 0 Å². The van der Waals surface area contributed by atoms with Gasteiger partial charge in [0.05, 0.1) is 6.07 Å². The maximum Gasteiger partial charge on any atom is 0.0587 e. The molecule has 0 aromatic carbocycles. The fraction of sp³-hybridized carbons (Fsp3) is 0.667. The third-order valence-electron chi connectivity index (χ3n) is 0. The summed E-state index contributed by atoms with van der Waals surface area (Å²) in [6.45, 7) is 1.43. The molecule has 0 rings (SSSR count). The van der Waals surface area contributed by atoms with Gasteiger partial charge < -0.3 is 5.11 Å². The zero-order valence-corrected chi connectivity index (χ0v) is 3.39. The molecule has 0 saturated heterocycles. The van der Waals surface area contributed by atoms with Crippen molar-refractivity contribution in [1.29, 1.82) is 5.26 Å². The van der Waals surface area contributed by atoms with E-state index < -0.39 is 0 Å². The van der Waals surface area contributed by atoms with E-state index in [2.05, 4.69) is 0 Å². The summed E-state index contributed by atoms with van der Waals surface area (Å²) in [7, 11) is 1.00. The van der Waals surface area contributed by atoms with E-state index in [4.69, 9.17) is 10.4 Å². The van der Waals surface area contributed by atoms with E-state index >= 15 is 0 Å². The first-order valence-corrected chi connectivity index (χ1v) is 1.17. The molecule has 30 valence electrons. The summed E-state index contributed by atoms with van der Waals surface area (Å²) in [5.74, 6) is 0. The monoisotopic (exact) mass is 73.1 g/mol. The van der Waals surface area contributed by atoms with E-state index in [0.717, 1.165) is 7.11 Å². The van der Waals surface area contributed by atoms with Crippen LogP contribution in [-0.4, -0.2) is 12.2 Å². The standard InChI is InChI=1S/C2H3N.CH4O/c1-2-3;1-2/h1H3;2H,1H3. The summed E-state index contributed by atoms with van der Waals surface area (Å²) >= 11 is 0. The van der Waals surface area contributed by atoms with Gasteiger partial charge in [-0.15, -0.1) is 0 Å². The van der Waals surface area contributed by atoms with E-state index in [1.807, 2.05) is 0 Å². The Hall–Kier alpha value is -0.550. The zero-order valence-electron chi connectivity index (χ0n) is 3.39. The number of nitriles is 1. The highest BCUT2D eigenvalue weighted by atomic mass is 16.2. The van der Waals surface area contributed by atoms with Crippen LogP contribution in [0.15, 0.2) is 0 Å². The van der Waals surface area contributed by atoms with Gasteiger partial charge in [-0.1, -0.05) is 0 Å². The molecule has 0 heterocycles. The molecule has 0 atom stereocenters. The molecule has 0 amide bonds. The Labute approximate surface area is 31.7 Å². The summed E-state index contributed by atoms with van der Waals surface area (Å²) in [6.07, 6.45) is 0. The molecule has 2 heteroatoms. The van der Waals surface area contributed by atoms with E-state index in [9.17, 15) is 0 Å². The highest BCUT2D eigenvalue weighted by Gasteiger charge is 1.17. The average Bonchev–Trinajstić information content (AvgIpc) is 1.46. The molecule has 0 aliphatic rings. The molecule has 0 unspecified atom stereocenters. The van der Waals surface area contributed by atoms with Crippen LogP contribution in [0.25, 0.3) is 0 Å². The van der Waals surface area contributed by atoms with Crippen LogP contribution in [0.3, 0.4) is 0 Å². The highest BCUT2D eigenvalue weighted by molar-refractivity contribution is 4.51. The van der Waals surface area contributed by atoms with Gasteiger partial charge in [-0.2, -0.15) is 5.26 Å². The van der Waals surface area contributed by atoms with Crippen molar-refractivity contribution in [3.8, 4) is 6.07 Å². The summed E-state index contributed by atoms with van der Waals surface area (Å²) in [6, 6.07) is 1.75. The molecule has 1 N–H and O–H groups in total. The lowest BCUT2D eigenvalue weighted by Gasteiger charge is -1.21. The van der Waals surface area contributed by atoms with Gasteiger partial charge in [0.15, 0.2) is 0 Å². The van der Waals surface area contributed by atoms with Gasteiger partial charge in [-0.3, -0.25) is 0 Å². The van der Waals surface area contributed by atoms with Crippen LogP contribution >= 0.6 is 0 Å². The lowest BCUT2D eigenvalue weighted by Crippen LogP contribution is -1.25. The van der Waals surface area contributed by atoms with Crippen molar-refractivity contribution in [1.82, 2.24) is 0 Å². The third-order valence-corrected chi connectivity index (χ3v) is 0. The molecule has 0 bridgehead atoms. The number of hydrogen-bond acceptors (Lipinski definition) is 2. The molecule has 0 spiro atoms. The van der Waals surface area contributed by atoms with Crippen molar-refractivity contribution in [3.05, 3.63) is 0 Å². The van der Waals surface area contributed by atoms with E-state index in [-0.39, 0.29) is 0 Å². The molecule has 0 aromatic heterocycles. The number of rotatable bonds is 0. The summed E-state index contributed by atoms with van der Waals surface area (Å²) < 4.78 is 0. The molecular formula is C3H7NO. The fourth-order valence-electron chi connectivity index (χ4n) is 0. The number of nitrogens with zero attached hydrogens (tertiary/aromatic N) is 1. The Balaban J connectivity index is 0. The zero-order chi connectivity index (χ0) is 4.71. The smallest absolute Gasteiger partial charge is 0.0587 e. The normalized spacial score (nSPS) is 2.80. The maximum absolute atomic E-state index is 7.32. The Morgan fingerprint density at radius 1 is 1.60 bits per heavy atom. The molecule has 2 nitrogen and oxygen atoms in total. The van der Waals surface area contributed by atoms with Gasteiger partial charge in [0.1, 0.15) is 0 Å². The second kappa shape index (κ2) is 102. The number of aliphatic hydroxyl groups excluding tert-OH is 1. The van der Waals surface area contributed by atoms with E-state index in [1.165, 1.54) is 6.92 Å². The minimum absolute atomic E-state index is 1.00. The van der Waals surface area contributed by atoms with Gasteiger partial charge >= 0.3 is 0 Å². The largest absolute Gasteiger partial charge is 0.400 e. The molecule has 0 fully saturated rings. The predicted octanol–water partition coefficient (Wildman–Crippen LogP) is 0.138. The third kappa shape index (κ3) is 24.0. The van der Waals surface area contributed by atoms with Gasteiger partial charge in [-0.25, -0.2) is 0 Å². The van der Waals surface area contributed by atoms with E-state index in [0.29, 0.717) is 0 Å². The first-order valence-electron chi connectivity index (χ1n) is 1.17. The van der Waals surface area contributed by atoms with Crippen molar-refractivity contribution in [2.75, 3.05) is 7.11 Å². The van der Waals surface area contributed by atoms with Crippen LogP contribution in [0.1, 0.15) is 6.92 Å². The molecule has 0 aliphatic heterocycles. The lowest BCUT2D eigenvalue weighted by molar-refractivity contribution is 0.399. The predicted molar refractivity (Wildman–Crippen MR) is 19.4 cm³/mol. The summed E-state index contributed by atoms with van der Waals surface area (Å²) in [5.41, 5.74) is 0. The number of aliphatic hydroxyl groups is 1. The van der Waals surface area contributed by atoms with E-state index in [1.54, 1.807) is 6.07 Å². The van der Waals surface area contributed by atoms with Gasteiger partial charge in [0.25, 0.3) is 0 Å². The van der Waals surface area contributed by atoms with Crippen LogP contribution in [0.4, 0.5) is 0 Å². The van der Waals surface area contributed by atoms with Gasteiger partial charge in [0.2, 0.25) is 0 Å². The van der Waals surface area contributed by atoms with Crippen molar-refractivity contribution < 1.29 is 5.11 Å². The Bertz CT molecular complexity index is 28.4. The molecule has 0 saturated carbocycles. The maximum atomic E-state index is 7.32. The minimum Gasteiger partial charge on any atom is -0.400 e.